The van der Waals surface area contributed by atoms with Crippen LogP contribution in [-0.2, 0) is 9.53 Å². The first kappa shape index (κ1) is 9.72. The lowest BCUT2D eigenvalue weighted by atomic mass is 10.1. The summed E-state index contributed by atoms with van der Waals surface area (Å²) >= 11 is 0. The van der Waals surface area contributed by atoms with Crippen LogP contribution in [0.5, 0.6) is 0 Å². The van der Waals surface area contributed by atoms with Crippen LogP contribution in [0, 0.1) is 5.92 Å². The SMILES string of the molecule is CC(C)(C)OCC1CCC(=O)C1. The van der Waals surface area contributed by atoms with Crippen LogP contribution in [0.2, 0.25) is 0 Å². The molecule has 0 radical (unpaired) electrons. The zero-order valence-electron chi connectivity index (χ0n) is 8.22. The first-order valence-corrected chi connectivity index (χ1v) is 4.63. The normalized spacial score (nSPS) is 24.9. The molecule has 70 valence electrons. The van der Waals surface area contributed by atoms with Crippen LogP contribution in [0.4, 0.5) is 0 Å². The summed E-state index contributed by atoms with van der Waals surface area (Å²) in [5, 5.41) is 0. The average molecular weight is 170 g/mol. The molecule has 0 saturated heterocycles. The van der Waals surface area contributed by atoms with Gasteiger partial charge in [0.1, 0.15) is 5.78 Å². The van der Waals surface area contributed by atoms with Gasteiger partial charge in [0, 0.05) is 12.8 Å². The Hall–Kier alpha value is -0.370. The fourth-order valence-corrected chi connectivity index (χ4v) is 1.40. The van der Waals surface area contributed by atoms with Crippen molar-refractivity contribution in [3.05, 3.63) is 0 Å². The van der Waals surface area contributed by atoms with Crippen molar-refractivity contribution < 1.29 is 9.53 Å². The van der Waals surface area contributed by atoms with Crippen molar-refractivity contribution >= 4 is 5.78 Å². The molecule has 1 aliphatic carbocycles. The van der Waals surface area contributed by atoms with Gasteiger partial charge in [-0.25, -0.2) is 0 Å². The Balaban J connectivity index is 2.20. The van der Waals surface area contributed by atoms with E-state index in [2.05, 4.69) is 0 Å². The van der Waals surface area contributed by atoms with Crippen LogP contribution in [0.3, 0.4) is 0 Å². The van der Waals surface area contributed by atoms with Gasteiger partial charge in [0.2, 0.25) is 0 Å². The van der Waals surface area contributed by atoms with Crippen molar-refractivity contribution in [1.29, 1.82) is 0 Å². The standard InChI is InChI=1S/C10H18O2/c1-10(2,3)12-7-8-4-5-9(11)6-8/h8H,4-7H2,1-3H3. The molecule has 1 saturated carbocycles. The second kappa shape index (κ2) is 3.56. The third-order valence-corrected chi connectivity index (χ3v) is 2.10. The number of hydrogen-bond acceptors (Lipinski definition) is 2. The van der Waals surface area contributed by atoms with Crippen molar-refractivity contribution in [2.75, 3.05) is 6.61 Å². The summed E-state index contributed by atoms with van der Waals surface area (Å²) in [4.78, 5) is 10.9. The number of ketones is 1. The molecule has 1 fully saturated rings. The molecule has 1 aliphatic rings. The molecule has 0 aromatic rings. The Labute approximate surface area is 74.3 Å². The Morgan fingerprint density at radius 1 is 1.50 bits per heavy atom. The van der Waals surface area contributed by atoms with Gasteiger partial charge in [0.15, 0.2) is 0 Å². The van der Waals surface area contributed by atoms with Crippen molar-refractivity contribution in [2.45, 2.75) is 45.6 Å². The van der Waals surface area contributed by atoms with Crippen LogP contribution in [0.25, 0.3) is 0 Å². The largest absolute Gasteiger partial charge is 0.376 e. The summed E-state index contributed by atoms with van der Waals surface area (Å²) in [5.41, 5.74) is -0.0639. The third kappa shape index (κ3) is 3.35. The molecule has 2 heteroatoms. The molecule has 0 N–H and O–H groups in total. The highest BCUT2D eigenvalue weighted by Gasteiger charge is 2.23. The van der Waals surface area contributed by atoms with Crippen LogP contribution in [0.15, 0.2) is 0 Å². The van der Waals surface area contributed by atoms with Crippen molar-refractivity contribution in [2.24, 2.45) is 5.92 Å². The highest BCUT2D eigenvalue weighted by atomic mass is 16.5. The number of Topliss-reactive ketones (excluding diaryl/α,β-unsaturated/α-hetero) is 1. The third-order valence-electron chi connectivity index (χ3n) is 2.10. The Morgan fingerprint density at radius 3 is 2.58 bits per heavy atom. The van der Waals surface area contributed by atoms with E-state index in [1.165, 1.54) is 0 Å². The first-order chi connectivity index (χ1) is 5.47. The van der Waals surface area contributed by atoms with E-state index in [-0.39, 0.29) is 5.60 Å². The average Bonchev–Trinajstić information content (AvgIpc) is 2.30. The molecule has 0 heterocycles. The summed E-state index contributed by atoms with van der Waals surface area (Å²) in [5.74, 6) is 0.884. The fraction of sp³-hybridized carbons (Fsp3) is 0.900. The molecule has 1 unspecified atom stereocenters. The summed E-state index contributed by atoms with van der Waals surface area (Å²) in [6.45, 7) is 6.88. The van der Waals surface area contributed by atoms with E-state index in [1.807, 2.05) is 20.8 Å². The van der Waals surface area contributed by atoms with Gasteiger partial charge in [0.05, 0.1) is 12.2 Å². The molecule has 0 aromatic heterocycles. The lowest BCUT2D eigenvalue weighted by Gasteiger charge is -2.21. The topological polar surface area (TPSA) is 26.3 Å². The maximum absolute atomic E-state index is 10.9. The van der Waals surface area contributed by atoms with E-state index in [9.17, 15) is 4.79 Å². The van der Waals surface area contributed by atoms with Gasteiger partial charge in [-0.05, 0) is 33.1 Å². The molecular weight excluding hydrogens is 152 g/mol. The number of carbonyl (C=O) groups excluding carboxylic acids is 1. The van der Waals surface area contributed by atoms with E-state index in [1.54, 1.807) is 0 Å². The second-order valence-electron chi connectivity index (χ2n) is 4.57. The predicted molar refractivity (Wildman–Crippen MR) is 48.1 cm³/mol. The van der Waals surface area contributed by atoms with Crippen LogP contribution >= 0.6 is 0 Å². The lowest BCUT2D eigenvalue weighted by Crippen LogP contribution is -2.22. The summed E-state index contributed by atoms with van der Waals surface area (Å²) in [7, 11) is 0. The maximum atomic E-state index is 10.9. The maximum Gasteiger partial charge on any atom is 0.133 e. The van der Waals surface area contributed by atoms with Gasteiger partial charge in [0.25, 0.3) is 0 Å². The molecule has 0 aliphatic heterocycles. The molecule has 0 aromatic carbocycles. The zero-order chi connectivity index (χ0) is 9.19. The van der Waals surface area contributed by atoms with E-state index < -0.39 is 0 Å². The summed E-state index contributed by atoms with van der Waals surface area (Å²) < 4.78 is 5.61. The summed E-state index contributed by atoms with van der Waals surface area (Å²) in [6, 6.07) is 0. The quantitative estimate of drug-likeness (QED) is 0.635. The van der Waals surface area contributed by atoms with Crippen LogP contribution in [0.1, 0.15) is 40.0 Å². The van der Waals surface area contributed by atoms with Crippen LogP contribution < -0.4 is 0 Å². The number of hydrogen-bond donors (Lipinski definition) is 0. The van der Waals surface area contributed by atoms with Gasteiger partial charge in [-0.1, -0.05) is 0 Å². The van der Waals surface area contributed by atoms with Gasteiger partial charge >= 0.3 is 0 Å². The van der Waals surface area contributed by atoms with Gasteiger partial charge in [-0.3, -0.25) is 4.79 Å². The van der Waals surface area contributed by atoms with Gasteiger partial charge in [-0.15, -0.1) is 0 Å². The second-order valence-corrected chi connectivity index (χ2v) is 4.57. The molecule has 1 rings (SSSR count). The van der Waals surface area contributed by atoms with Crippen molar-refractivity contribution in [3.63, 3.8) is 0 Å². The highest BCUT2D eigenvalue weighted by molar-refractivity contribution is 5.80. The number of rotatable bonds is 2. The van der Waals surface area contributed by atoms with Crippen LogP contribution in [-0.4, -0.2) is 18.0 Å². The molecule has 0 amide bonds. The molecule has 0 spiro atoms. The molecular formula is C10H18O2. The molecule has 12 heavy (non-hydrogen) atoms. The molecule has 1 atom stereocenters. The number of ether oxygens (including phenoxy) is 1. The first-order valence-electron chi connectivity index (χ1n) is 4.63. The number of carbonyl (C=O) groups is 1. The van der Waals surface area contributed by atoms with E-state index in [4.69, 9.17) is 4.74 Å². The Bertz CT molecular complexity index is 167. The van der Waals surface area contributed by atoms with Gasteiger partial charge in [-0.2, -0.15) is 0 Å². The Kier molecular flexibility index (Phi) is 2.89. The lowest BCUT2D eigenvalue weighted by molar-refractivity contribution is -0.118. The van der Waals surface area contributed by atoms with E-state index in [0.717, 1.165) is 25.9 Å². The van der Waals surface area contributed by atoms with Gasteiger partial charge < -0.3 is 4.74 Å². The minimum absolute atomic E-state index is 0.0639. The highest BCUT2D eigenvalue weighted by Crippen LogP contribution is 2.23. The Morgan fingerprint density at radius 2 is 2.17 bits per heavy atom. The molecule has 2 nitrogen and oxygen atoms in total. The predicted octanol–water partition coefficient (Wildman–Crippen LogP) is 2.17. The van der Waals surface area contributed by atoms with Crippen molar-refractivity contribution in [1.82, 2.24) is 0 Å². The fourth-order valence-electron chi connectivity index (χ4n) is 1.40. The van der Waals surface area contributed by atoms with E-state index in [0.29, 0.717) is 11.7 Å². The van der Waals surface area contributed by atoms with Crippen molar-refractivity contribution in [3.8, 4) is 0 Å². The molecule has 0 bridgehead atoms. The minimum atomic E-state index is -0.0639. The van der Waals surface area contributed by atoms with E-state index >= 15 is 0 Å². The monoisotopic (exact) mass is 170 g/mol. The smallest absolute Gasteiger partial charge is 0.133 e. The summed E-state index contributed by atoms with van der Waals surface area (Å²) in [6.07, 6.45) is 2.52. The zero-order valence-corrected chi connectivity index (χ0v) is 8.22. The minimum Gasteiger partial charge on any atom is -0.376 e.